The molecule has 0 amide bonds. The second-order valence-electron chi connectivity index (χ2n) is 4.08. The normalized spacial score (nSPS) is 10.4. The first-order valence-corrected chi connectivity index (χ1v) is 5.94. The average molecular weight is 246 g/mol. The van der Waals surface area contributed by atoms with Gasteiger partial charge in [-0.3, -0.25) is 4.68 Å². The van der Waals surface area contributed by atoms with Gasteiger partial charge in [-0.2, -0.15) is 5.10 Å². The number of benzene rings is 1. The molecule has 0 fully saturated rings. The van der Waals surface area contributed by atoms with E-state index >= 15 is 0 Å². The van der Waals surface area contributed by atoms with Gasteiger partial charge in [-0.1, -0.05) is 6.92 Å². The molecule has 96 valence electrons. The molecule has 4 nitrogen and oxygen atoms in total. The number of hydrogen-bond acceptors (Lipinski definition) is 3. The molecule has 1 aromatic carbocycles. The minimum Gasteiger partial charge on any atom is -0.497 e. The summed E-state index contributed by atoms with van der Waals surface area (Å²) in [6, 6.07) is 5.79. The van der Waals surface area contributed by atoms with Crippen molar-refractivity contribution in [2.24, 2.45) is 7.05 Å². The predicted molar refractivity (Wildman–Crippen MR) is 71.1 cm³/mol. The summed E-state index contributed by atoms with van der Waals surface area (Å²) in [5.74, 6) is 1.65. The highest BCUT2D eigenvalue weighted by molar-refractivity contribution is 5.73. The highest BCUT2D eigenvalue weighted by atomic mass is 16.5. The fourth-order valence-corrected chi connectivity index (χ4v) is 2.05. The van der Waals surface area contributed by atoms with Crippen LogP contribution in [-0.4, -0.2) is 24.0 Å². The maximum Gasteiger partial charge on any atom is 0.127 e. The van der Waals surface area contributed by atoms with Gasteiger partial charge in [0.15, 0.2) is 0 Å². The maximum absolute atomic E-state index is 5.42. The molecular formula is C14H18N2O2. The molecule has 4 heteroatoms. The largest absolute Gasteiger partial charge is 0.497 e. The minimum atomic E-state index is 0.816. The summed E-state index contributed by atoms with van der Waals surface area (Å²) >= 11 is 0. The Morgan fingerprint density at radius 2 is 1.94 bits per heavy atom. The van der Waals surface area contributed by atoms with Crippen LogP contribution in [0.2, 0.25) is 0 Å². The molecule has 0 saturated heterocycles. The van der Waals surface area contributed by atoms with E-state index in [-0.39, 0.29) is 0 Å². The fourth-order valence-electron chi connectivity index (χ4n) is 2.05. The SMILES string of the molecule is CCc1nn(C)cc1-c1cc(OC)ccc1OC. The average Bonchev–Trinajstić information content (AvgIpc) is 2.79. The van der Waals surface area contributed by atoms with Crippen LogP contribution >= 0.6 is 0 Å². The first kappa shape index (κ1) is 12.5. The summed E-state index contributed by atoms with van der Waals surface area (Å²) in [6.07, 6.45) is 2.90. The van der Waals surface area contributed by atoms with Crippen LogP contribution in [0.5, 0.6) is 11.5 Å². The molecule has 0 aliphatic carbocycles. The molecule has 1 aromatic heterocycles. The van der Waals surface area contributed by atoms with Gasteiger partial charge in [0.25, 0.3) is 0 Å². The Labute approximate surface area is 107 Å². The van der Waals surface area contributed by atoms with E-state index < -0.39 is 0 Å². The third-order valence-corrected chi connectivity index (χ3v) is 2.94. The molecule has 18 heavy (non-hydrogen) atoms. The number of methoxy groups -OCH3 is 2. The second-order valence-corrected chi connectivity index (χ2v) is 4.08. The zero-order valence-corrected chi connectivity index (χ0v) is 11.2. The monoisotopic (exact) mass is 246 g/mol. The topological polar surface area (TPSA) is 36.3 Å². The van der Waals surface area contributed by atoms with Crippen LogP contribution in [0.4, 0.5) is 0 Å². The summed E-state index contributed by atoms with van der Waals surface area (Å²) in [7, 11) is 5.26. The Balaban J connectivity index is 2.60. The van der Waals surface area contributed by atoms with Crippen molar-refractivity contribution < 1.29 is 9.47 Å². The van der Waals surface area contributed by atoms with Crippen LogP contribution in [0, 0.1) is 0 Å². The summed E-state index contributed by atoms with van der Waals surface area (Å²) in [6.45, 7) is 2.10. The van der Waals surface area contributed by atoms with Gasteiger partial charge < -0.3 is 9.47 Å². The Morgan fingerprint density at radius 3 is 2.56 bits per heavy atom. The molecular weight excluding hydrogens is 228 g/mol. The van der Waals surface area contributed by atoms with E-state index in [2.05, 4.69) is 12.0 Å². The van der Waals surface area contributed by atoms with Gasteiger partial charge in [-0.05, 0) is 24.6 Å². The van der Waals surface area contributed by atoms with E-state index in [9.17, 15) is 0 Å². The summed E-state index contributed by atoms with van der Waals surface area (Å²) in [5, 5.41) is 4.46. The summed E-state index contributed by atoms with van der Waals surface area (Å²) in [4.78, 5) is 0. The van der Waals surface area contributed by atoms with Gasteiger partial charge in [0.2, 0.25) is 0 Å². The molecule has 2 rings (SSSR count). The number of nitrogens with zero attached hydrogens (tertiary/aromatic N) is 2. The third kappa shape index (κ3) is 2.18. The van der Waals surface area contributed by atoms with Gasteiger partial charge in [0, 0.05) is 24.4 Å². The van der Waals surface area contributed by atoms with E-state index in [0.29, 0.717) is 0 Å². The Kier molecular flexibility index (Phi) is 3.55. The maximum atomic E-state index is 5.42. The van der Waals surface area contributed by atoms with Crippen molar-refractivity contribution in [3.63, 3.8) is 0 Å². The van der Waals surface area contributed by atoms with Gasteiger partial charge >= 0.3 is 0 Å². The van der Waals surface area contributed by atoms with E-state index in [1.165, 1.54) is 0 Å². The fraction of sp³-hybridized carbons (Fsp3) is 0.357. The smallest absolute Gasteiger partial charge is 0.127 e. The highest BCUT2D eigenvalue weighted by Gasteiger charge is 2.14. The van der Waals surface area contributed by atoms with Crippen molar-refractivity contribution in [1.29, 1.82) is 0 Å². The van der Waals surface area contributed by atoms with Crippen molar-refractivity contribution in [3.8, 4) is 22.6 Å². The number of ether oxygens (including phenoxy) is 2. The van der Waals surface area contributed by atoms with Crippen LogP contribution in [0.3, 0.4) is 0 Å². The minimum absolute atomic E-state index is 0.816. The third-order valence-electron chi connectivity index (χ3n) is 2.94. The van der Waals surface area contributed by atoms with E-state index in [1.807, 2.05) is 36.1 Å². The first-order chi connectivity index (χ1) is 8.69. The molecule has 2 aromatic rings. The predicted octanol–water partition coefficient (Wildman–Crippen LogP) is 2.67. The number of aryl methyl sites for hydroxylation is 2. The van der Waals surface area contributed by atoms with Crippen molar-refractivity contribution in [3.05, 3.63) is 30.1 Å². The number of hydrogen-bond donors (Lipinski definition) is 0. The van der Waals surface area contributed by atoms with Gasteiger partial charge in [-0.15, -0.1) is 0 Å². The second kappa shape index (κ2) is 5.12. The lowest BCUT2D eigenvalue weighted by molar-refractivity contribution is 0.404. The van der Waals surface area contributed by atoms with Crippen molar-refractivity contribution >= 4 is 0 Å². The van der Waals surface area contributed by atoms with E-state index in [1.54, 1.807) is 14.2 Å². The van der Waals surface area contributed by atoms with Crippen LogP contribution in [0.1, 0.15) is 12.6 Å². The van der Waals surface area contributed by atoms with Crippen molar-refractivity contribution in [2.45, 2.75) is 13.3 Å². The molecule has 1 heterocycles. The highest BCUT2D eigenvalue weighted by Crippen LogP contribution is 2.35. The number of aromatic nitrogens is 2. The van der Waals surface area contributed by atoms with Crippen LogP contribution < -0.4 is 9.47 Å². The lowest BCUT2D eigenvalue weighted by atomic mass is 10.0. The lowest BCUT2D eigenvalue weighted by Crippen LogP contribution is -1.92. The summed E-state index contributed by atoms with van der Waals surface area (Å²) in [5.41, 5.74) is 3.17. The molecule has 0 aliphatic rings. The molecule has 0 saturated carbocycles. The standard InChI is InChI=1S/C14H18N2O2/c1-5-13-12(9-16(2)15-13)11-8-10(17-3)6-7-14(11)18-4/h6-9H,5H2,1-4H3. The Hall–Kier alpha value is -1.97. The Morgan fingerprint density at radius 1 is 1.17 bits per heavy atom. The quantitative estimate of drug-likeness (QED) is 0.832. The number of rotatable bonds is 4. The molecule has 0 spiro atoms. The first-order valence-electron chi connectivity index (χ1n) is 5.94. The molecule has 0 N–H and O–H groups in total. The lowest BCUT2D eigenvalue weighted by Gasteiger charge is -2.10. The van der Waals surface area contributed by atoms with E-state index in [0.717, 1.165) is 34.7 Å². The Bertz CT molecular complexity index is 547. The zero-order chi connectivity index (χ0) is 13.1. The van der Waals surface area contributed by atoms with Gasteiger partial charge in [0.05, 0.1) is 19.9 Å². The van der Waals surface area contributed by atoms with Crippen LogP contribution in [0.15, 0.2) is 24.4 Å². The van der Waals surface area contributed by atoms with Crippen molar-refractivity contribution in [1.82, 2.24) is 9.78 Å². The van der Waals surface area contributed by atoms with Crippen molar-refractivity contribution in [2.75, 3.05) is 14.2 Å². The van der Waals surface area contributed by atoms with Gasteiger partial charge in [-0.25, -0.2) is 0 Å². The molecule has 0 aliphatic heterocycles. The van der Waals surface area contributed by atoms with Gasteiger partial charge in [0.1, 0.15) is 11.5 Å². The molecule has 0 bridgehead atoms. The molecule has 0 unspecified atom stereocenters. The zero-order valence-electron chi connectivity index (χ0n) is 11.2. The summed E-state index contributed by atoms with van der Waals surface area (Å²) < 4.78 is 12.5. The van der Waals surface area contributed by atoms with Crippen LogP contribution in [0.25, 0.3) is 11.1 Å². The van der Waals surface area contributed by atoms with E-state index in [4.69, 9.17) is 9.47 Å². The molecule has 0 atom stereocenters. The van der Waals surface area contributed by atoms with Crippen LogP contribution in [-0.2, 0) is 13.5 Å². The molecule has 0 radical (unpaired) electrons.